The van der Waals surface area contributed by atoms with E-state index in [9.17, 15) is 0 Å². The van der Waals surface area contributed by atoms with Crippen molar-refractivity contribution in [2.45, 2.75) is 45.4 Å². The molecule has 7 aromatic rings. The van der Waals surface area contributed by atoms with E-state index in [0.29, 0.717) is 5.88 Å². The normalized spacial score (nSPS) is 13.3. The maximum Gasteiger partial charge on any atom is 0.221 e. The number of para-hydroxylation sites is 3. The molecular formula is C43H41N5O. The van der Waals surface area contributed by atoms with Gasteiger partial charge in [0, 0.05) is 41.6 Å². The highest BCUT2D eigenvalue weighted by Gasteiger charge is 2.30. The topological polar surface area (TPSA) is 46.4 Å². The number of benzene rings is 4. The predicted molar refractivity (Wildman–Crippen MR) is 202 cm³/mol. The number of nitrogens with zero attached hydrogens (tertiary/aromatic N) is 5. The average molecular weight is 644 g/mol. The van der Waals surface area contributed by atoms with Gasteiger partial charge in [0.25, 0.3) is 0 Å². The van der Waals surface area contributed by atoms with Crippen LogP contribution in [0, 0.1) is 0 Å². The summed E-state index contributed by atoms with van der Waals surface area (Å²) in [5, 5.41) is 2.33. The van der Waals surface area contributed by atoms with Gasteiger partial charge in [0.15, 0.2) is 0 Å². The van der Waals surface area contributed by atoms with Crippen LogP contribution >= 0.6 is 0 Å². The van der Waals surface area contributed by atoms with Crippen LogP contribution in [-0.4, -0.2) is 28.3 Å². The monoisotopic (exact) mass is 643 g/mol. The van der Waals surface area contributed by atoms with Gasteiger partial charge in [-0.2, -0.15) is 0 Å². The molecule has 4 heterocycles. The van der Waals surface area contributed by atoms with Gasteiger partial charge >= 0.3 is 0 Å². The Bertz CT molecular complexity index is 2330. The van der Waals surface area contributed by atoms with Gasteiger partial charge in [-0.05, 0) is 65.1 Å². The van der Waals surface area contributed by atoms with Crippen molar-refractivity contribution < 1.29 is 4.74 Å². The Hall–Kier alpha value is -5.62. The molecule has 0 radical (unpaired) electrons. The Kier molecular flexibility index (Phi) is 7.21. The Balaban J connectivity index is 1.27. The Morgan fingerprint density at radius 2 is 1.37 bits per heavy atom. The van der Waals surface area contributed by atoms with Gasteiger partial charge in [0.2, 0.25) is 5.88 Å². The summed E-state index contributed by atoms with van der Waals surface area (Å²) in [7, 11) is 2.13. The molecule has 4 aromatic carbocycles. The maximum atomic E-state index is 6.75. The zero-order chi connectivity index (χ0) is 33.9. The Morgan fingerprint density at radius 1 is 0.653 bits per heavy atom. The van der Waals surface area contributed by atoms with Gasteiger partial charge in [0.1, 0.15) is 11.6 Å². The van der Waals surface area contributed by atoms with E-state index in [4.69, 9.17) is 14.7 Å². The van der Waals surface area contributed by atoms with Crippen molar-refractivity contribution in [2.75, 3.05) is 23.5 Å². The molecule has 8 rings (SSSR count). The maximum absolute atomic E-state index is 6.75. The average Bonchev–Trinajstić information content (AvgIpc) is 3.62. The van der Waals surface area contributed by atoms with Crippen molar-refractivity contribution in [3.8, 4) is 17.4 Å². The van der Waals surface area contributed by atoms with E-state index >= 15 is 0 Å². The van der Waals surface area contributed by atoms with Crippen LogP contribution in [-0.2, 0) is 10.8 Å². The zero-order valence-electron chi connectivity index (χ0n) is 29.0. The molecule has 3 aromatic heterocycles. The van der Waals surface area contributed by atoms with Crippen LogP contribution in [0.3, 0.4) is 0 Å². The summed E-state index contributed by atoms with van der Waals surface area (Å²) < 4.78 is 9.00. The van der Waals surface area contributed by atoms with Crippen molar-refractivity contribution in [3.63, 3.8) is 0 Å². The van der Waals surface area contributed by atoms with Crippen LogP contribution in [0.15, 0.2) is 128 Å². The lowest BCUT2D eigenvalue weighted by atomic mass is 9.81. The van der Waals surface area contributed by atoms with E-state index < -0.39 is 0 Å². The minimum atomic E-state index is -0.360. The summed E-state index contributed by atoms with van der Waals surface area (Å²) in [6.45, 7) is 11.9. The van der Waals surface area contributed by atoms with Crippen molar-refractivity contribution in [3.05, 3.63) is 144 Å². The van der Waals surface area contributed by atoms with E-state index in [1.807, 2.05) is 12.3 Å². The summed E-state index contributed by atoms with van der Waals surface area (Å²) in [5.74, 6) is 2.16. The lowest BCUT2D eigenvalue weighted by molar-refractivity contribution is 0.455. The van der Waals surface area contributed by atoms with E-state index in [1.54, 1.807) is 0 Å². The molecule has 0 saturated heterocycles. The number of aromatic nitrogens is 3. The fraction of sp³-hybridized carbons (Fsp3) is 0.209. The second-order valence-electron chi connectivity index (χ2n) is 14.6. The molecular weight excluding hydrogens is 603 g/mol. The van der Waals surface area contributed by atoms with Crippen molar-refractivity contribution in [1.29, 1.82) is 0 Å². The van der Waals surface area contributed by atoms with Crippen LogP contribution in [0.1, 0.15) is 51.4 Å². The predicted octanol–water partition coefficient (Wildman–Crippen LogP) is 10.5. The highest BCUT2D eigenvalue weighted by molar-refractivity contribution is 6.09. The second kappa shape index (κ2) is 11.5. The van der Waals surface area contributed by atoms with Gasteiger partial charge < -0.3 is 14.5 Å². The summed E-state index contributed by atoms with van der Waals surface area (Å²) >= 11 is 0. The molecule has 1 aliphatic rings. The highest BCUT2D eigenvalue weighted by Crippen LogP contribution is 2.43. The quantitative estimate of drug-likeness (QED) is 0.180. The van der Waals surface area contributed by atoms with E-state index in [-0.39, 0.29) is 10.8 Å². The van der Waals surface area contributed by atoms with Gasteiger partial charge in [-0.25, -0.2) is 9.97 Å². The summed E-state index contributed by atoms with van der Waals surface area (Å²) in [4.78, 5) is 14.6. The van der Waals surface area contributed by atoms with Crippen LogP contribution in [0.4, 0.5) is 17.1 Å². The number of fused-ring (bicyclic) bond motifs is 4. The first kappa shape index (κ1) is 30.7. The molecule has 0 aliphatic carbocycles. The molecule has 0 spiro atoms. The summed E-state index contributed by atoms with van der Waals surface area (Å²) in [5.41, 5.74) is 8.56. The third-order valence-electron chi connectivity index (χ3n) is 9.88. The zero-order valence-corrected chi connectivity index (χ0v) is 29.0. The summed E-state index contributed by atoms with van der Waals surface area (Å²) in [6.07, 6.45) is 1.91. The number of rotatable bonds is 6. The molecule has 49 heavy (non-hydrogen) atoms. The highest BCUT2D eigenvalue weighted by atomic mass is 16.5. The number of ether oxygens (including phenoxy) is 1. The van der Waals surface area contributed by atoms with Crippen molar-refractivity contribution in [2.24, 2.45) is 0 Å². The molecule has 1 aliphatic heterocycles. The van der Waals surface area contributed by atoms with E-state index in [0.717, 1.165) is 46.0 Å². The first-order chi connectivity index (χ1) is 23.6. The number of pyridine rings is 2. The molecule has 0 unspecified atom stereocenters. The third-order valence-corrected chi connectivity index (χ3v) is 9.88. The second-order valence-corrected chi connectivity index (χ2v) is 14.6. The summed E-state index contributed by atoms with van der Waals surface area (Å²) in [6, 6.07) is 42.5. The minimum Gasteiger partial charge on any atom is -0.439 e. The van der Waals surface area contributed by atoms with Crippen molar-refractivity contribution >= 4 is 38.9 Å². The smallest absolute Gasteiger partial charge is 0.221 e. The molecule has 0 amide bonds. The molecule has 6 heteroatoms. The molecule has 0 bridgehead atoms. The fourth-order valence-corrected chi connectivity index (χ4v) is 7.01. The molecule has 6 nitrogen and oxygen atoms in total. The lowest BCUT2D eigenvalue weighted by Crippen LogP contribution is -2.25. The van der Waals surface area contributed by atoms with Crippen LogP contribution in [0.5, 0.6) is 11.6 Å². The van der Waals surface area contributed by atoms with Crippen LogP contribution < -0.4 is 14.5 Å². The third kappa shape index (κ3) is 5.38. The lowest BCUT2D eigenvalue weighted by Gasteiger charge is -2.28. The van der Waals surface area contributed by atoms with Crippen LogP contribution in [0.25, 0.3) is 27.6 Å². The van der Waals surface area contributed by atoms with Gasteiger partial charge in [-0.3, -0.25) is 4.57 Å². The molecule has 0 fully saturated rings. The van der Waals surface area contributed by atoms with E-state index in [2.05, 4.69) is 171 Å². The van der Waals surface area contributed by atoms with Crippen LogP contribution in [0.2, 0.25) is 0 Å². The number of anilines is 3. The Labute approximate surface area is 288 Å². The van der Waals surface area contributed by atoms with Gasteiger partial charge in [0.05, 0.1) is 40.5 Å². The fourth-order valence-electron chi connectivity index (χ4n) is 7.01. The standard InChI is InChI=1S/C43H41N5O/c1-42(2,3)30-22-23-44-40(24-30)48-35-17-11-10-16-33(35)34-21-20-32(27-38(34)48)49-41-26-31(47-28-46(6)36-18-12-13-19-37(36)47)25-39(45-41)43(4,5)29-14-8-7-9-15-29/h7-27H,28H2,1-6H3. The van der Waals surface area contributed by atoms with Gasteiger partial charge in [-0.15, -0.1) is 0 Å². The largest absolute Gasteiger partial charge is 0.439 e. The Morgan fingerprint density at radius 3 is 2.16 bits per heavy atom. The first-order valence-electron chi connectivity index (χ1n) is 16.9. The molecule has 0 atom stereocenters. The minimum absolute atomic E-state index is 0.00267. The van der Waals surface area contributed by atoms with Crippen molar-refractivity contribution in [1.82, 2.24) is 14.5 Å². The SMILES string of the molecule is CN1CN(c2cc(Oc3ccc4c5ccccc5n(-c5cc(C(C)(C)C)ccn5)c4c3)nc(C(C)(C)c3ccccc3)c2)c2ccccc21. The molecule has 0 N–H and O–H groups in total. The molecule has 0 saturated carbocycles. The van der Waals surface area contributed by atoms with Gasteiger partial charge in [-0.1, -0.05) is 95.3 Å². The molecule has 244 valence electrons. The number of hydrogen-bond acceptors (Lipinski definition) is 5. The van der Waals surface area contributed by atoms with E-state index in [1.165, 1.54) is 27.9 Å². The number of hydrogen-bond donors (Lipinski definition) is 0. The first-order valence-corrected chi connectivity index (χ1v) is 16.9.